The minimum atomic E-state index is -4.47. The second-order valence-corrected chi connectivity index (χ2v) is 7.09. The van der Waals surface area contributed by atoms with Crippen LogP contribution >= 0.6 is 0 Å². The Labute approximate surface area is 145 Å². The van der Waals surface area contributed by atoms with Crippen LogP contribution in [-0.4, -0.2) is 48.2 Å². The number of alkyl halides is 3. The number of hydrogen-bond acceptors (Lipinski definition) is 3. The van der Waals surface area contributed by atoms with Crippen molar-refractivity contribution in [2.45, 2.75) is 32.0 Å². The molecule has 1 aromatic rings. The first-order valence-corrected chi connectivity index (χ1v) is 8.61. The molecule has 0 bridgehead atoms. The number of amides is 1. The Bertz CT molecular complexity index is 644. The van der Waals surface area contributed by atoms with Gasteiger partial charge in [0, 0.05) is 31.2 Å². The van der Waals surface area contributed by atoms with Crippen molar-refractivity contribution < 1.29 is 23.1 Å². The highest BCUT2D eigenvalue weighted by Gasteiger charge is 2.43. The van der Waals surface area contributed by atoms with Crippen LogP contribution in [0.25, 0.3) is 0 Å². The summed E-state index contributed by atoms with van der Waals surface area (Å²) in [6, 6.07) is 3.18. The molecular weight excluding hydrogens is 333 g/mol. The van der Waals surface area contributed by atoms with Crippen LogP contribution in [0, 0.1) is 18.8 Å². The van der Waals surface area contributed by atoms with E-state index < -0.39 is 17.6 Å². The summed E-state index contributed by atoms with van der Waals surface area (Å²) < 4.78 is 38.8. The van der Waals surface area contributed by atoms with Gasteiger partial charge in [-0.2, -0.15) is 13.2 Å². The number of aliphatic hydroxyl groups is 1. The van der Waals surface area contributed by atoms with Crippen molar-refractivity contribution in [1.29, 1.82) is 0 Å². The van der Waals surface area contributed by atoms with Gasteiger partial charge < -0.3 is 10.4 Å². The third-order valence-corrected chi connectivity index (χ3v) is 5.21. The van der Waals surface area contributed by atoms with Crippen molar-refractivity contribution in [3.05, 3.63) is 34.9 Å². The maximum absolute atomic E-state index is 12.9. The maximum atomic E-state index is 12.9. The topological polar surface area (TPSA) is 52.6 Å². The Hall–Kier alpha value is -1.60. The maximum Gasteiger partial charge on any atom is 0.416 e. The van der Waals surface area contributed by atoms with Crippen molar-refractivity contribution in [1.82, 2.24) is 10.2 Å². The number of hydrogen-bond donors (Lipinski definition) is 2. The molecule has 1 saturated heterocycles. The predicted molar refractivity (Wildman–Crippen MR) is 87.2 cm³/mol. The highest BCUT2D eigenvalue weighted by molar-refractivity contribution is 5.96. The molecule has 2 atom stereocenters. The van der Waals surface area contributed by atoms with Gasteiger partial charge in [0.25, 0.3) is 5.91 Å². The fourth-order valence-corrected chi connectivity index (χ4v) is 3.68. The highest BCUT2D eigenvalue weighted by Crippen LogP contribution is 2.41. The zero-order valence-electron chi connectivity index (χ0n) is 14.1. The van der Waals surface area contributed by atoms with Gasteiger partial charge in [0.05, 0.1) is 12.2 Å². The molecule has 3 rings (SSSR count). The largest absolute Gasteiger partial charge is 0.416 e. The summed E-state index contributed by atoms with van der Waals surface area (Å²) in [5.41, 5.74) is -0.209. The minimum Gasteiger partial charge on any atom is -0.395 e. The minimum absolute atomic E-state index is 0.0603. The average molecular weight is 356 g/mol. The van der Waals surface area contributed by atoms with E-state index in [0.717, 1.165) is 31.5 Å². The Balaban J connectivity index is 1.75. The summed E-state index contributed by atoms with van der Waals surface area (Å²) in [7, 11) is 0. The SMILES string of the molecule is Cc1ccc(C(F)(F)F)cc1C(=O)N[C@@H]1CN(CCO)C[C@H]1C1CC1. The van der Waals surface area contributed by atoms with E-state index in [1.54, 1.807) is 6.92 Å². The predicted octanol–water partition coefficient (Wildman–Crippen LogP) is 2.45. The van der Waals surface area contributed by atoms with Crippen LogP contribution in [0.3, 0.4) is 0 Å². The quantitative estimate of drug-likeness (QED) is 0.852. The van der Waals surface area contributed by atoms with E-state index in [2.05, 4.69) is 10.2 Å². The number of carbonyl (C=O) groups is 1. The second kappa shape index (κ2) is 6.96. The van der Waals surface area contributed by atoms with E-state index in [4.69, 9.17) is 5.11 Å². The van der Waals surface area contributed by atoms with Crippen LogP contribution in [0.4, 0.5) is 13.2 Å². The van der Waals surface area contributed by atoms with Gasteiger partial charge >= 0.3 is 6.18 Å². The molecule has 4 nitrogen and oxygen atoms in total. The third-order valence-electron chi connectivity index (χ3n) is 5.21. The van der Waals surface area contributed by atoms with E-state index >= 15 is 0 Å². The van der Waals surface area contributed by atoms with Gasteiger partial charge in [0.2, 0.25) is 0 Å². The van der Waals surface area contributed by atoms with Gasteiger partial charge in [-0.25, -0.2) is 0 Å². The summed E-state index contributed by atoms with van der Waals surface area (Å²) in [5.74, 6) is 0.420. The number of likely N-dealkylation sites (tertiary alicyclic amines) is 1. The molecule has 1 aliphatic heterocycles. The molecule has 1 aromatic carbocycles. The molecule has 2 aliphatic rings. The number of aryl methyl sites for hydroxylation is 1. The average Bonchev–Trinajstić information content (AvgIpc) is 3.30. The van der Waals surface area contributed by atoms with Gasteiger partial charge in [-0.05, 0) is 49.3 Å². The first-order chi connectivity index (χ1) is 11.8. The zero-order chi connectivity index (χ0) is 18.2. The molecule has 2 N–H and O–H groups in total. The van der Waals surface area contributed by atoms with E-state index in [-0.39, 0.29) is 18.2 Å². The Morgan fingerprint density at radius 1 is 1.32 bits per heavy atom. The number of β-amino-alcohol motifs (C(OH)–C–C–N with tert-alkyl or cyclic N) is 1. The number of carbonyl (C=O) groups excluding carboxylic acids is 1. The lowest BCUT2D eigenvalue weighted by Crippen LogP contribution is -2.41. The Morgan fingerprint density at radius 3 is 2.64 bits per heavy atom. The van der Waals surface area contributed by atoms with E-state index in [1.807, 2.05) is 0 Å². The number of rotatable bonds is 5. The van der Waals surface area contributed by atoms with Crippen LogP contribution in [0.5, 0.6) is 0 Å². The molecule has 1 heterocycles. The molecule has 1 saturated carbocycles. The van der Waals surface area contributed by atoms with Gasteiger partial charge in [-0.3, -0.25) is 9.69 Å². The molecule has 1 amide bonds. The summed E-state index contributed by atoms with van der Waals surface area (Å²) >= 11 is 0. The molecule has 0 spiro atoms. The summed E-state index contributed by atoms with van der Waals surface area (Å²) in [6.45, 7) is 3.70. The smallest absolute Gasteiger partial charge is 0.395 e. The van der Waals surface area contributed by atoms with Crippen LogP contribution < -0.4 is 5.32 Å². The Kier molecular flexibility index (Phi) is 5.06. The lowest BCUT2D eigenvalue weighted by Gasteiger charge is -2.20. The van der Waals surface area contributed by atoms with Crippen molar-refractivity contribution in [3.63, 3.8) is 0 Å². The third kappa shape index (κ3) is 4.15. The number of nitrogens with one attached hydrogen (secondary N) is 1. The lowest BCUT2D eigenvalue weighted by atomic mass is 9.97. The van der Waals surface area contributed by atoms with Gasteiger partial charge in [0.15, 0.2) is 0 Å². The van der Waals surface area contributed by atoms with Crippen molar-refractivity contribution in [3.8, 4) is 0 Å². The highest BCUT2D eigenvalue weighted by atomic mass is 19.4. The van der Waals surface area contributed by atoms with Gasteiger partial charge in [-0.1, -0.05) is 6.07 Å². The number of nitrogens with zero attached hydrogens (tertiary/aromatic N) is 1. The van der Waals surface area contributed by atoms with Gasteiger partial charge in [-0.15, -0.1) is 0 Å². The first-order valence-electron chi connectivity index (χ1n) is 8.61. The normalized spacial score (nSPS) is 24.5. The van der Waals surface area contributed by atoms with Crippen LogP contribution in [0.15, 0.2) is 18.2 Å². The fraction of sp³-hybridized carbons (Fsp3) is 0.611. The van der Waals surface area contributed by atoms with Crippen molar-refractivity contribution in [2.75, 3.05) is 26.2 Å². The zero-order valence-corrected chi connectivity index (χ0v) is 14.1. The molecule has 0 aromatic heterocycles. The standard InChI is InChI=1S/C18H23F3N2O2/c1-11-2-5-13(18(19,20)21)8-14(11)17(25)22-16-10-23(6-7-24)9-15(16)12-3-4-12/h2,5,8,12,15-16,24H,3-4,6-7,9-10H2,1H3,(H,22,25)/t15-,16+/m0/s1. The fourth-order valence-electron chi connectivity index (χ4n) is 3.68. The molecule has 7 heteroatoms. The lowest BCUT2D eigenvalue weighted by molar-refractivity contribution is -0.137. The summed E-state index contributed by atoms with van der Waals surface area (Å²) in [5, 5.41) is 12.1. The number of benzene rings is 1. The first kappa shape index (κ1) is 18.2. The van der Waals surface area contributed by atoms with Crippen LogP contribution in [0.1, 0.15) is 34.3 Å². The number of halogens is 3. The van der Waals surface area contributed by atoms with Crippen molar-refractivity contribution in [2.24, 2.45) is 11.8 Å². The molecule has 0 radical (unpaired) electrons. The molecule has 25 heavy (non-hydrogen) atoms. The van der Waals surface area contributed by atoms with Crippen LogP contribution in [-0.2, 0) is 6.18 Å². The van der Waals surface area contributed by atoms with E-state index in [9.17, 15) is 18.0 Å². The molecule has 2 fully saturated rings. The summed E-state index contributed by atoms with van der Waals surface area (Å²) in [4.78, 5) is 14.7. The second-order valence-electron chi connectivity index (χ2n) is 7.09. The van der Waals surface area contributed by atoms with Gasteiger partial charge in [0.1, 0.15) is 0 Å². The summed E-state index contributed by atoms with van der Waals surface area (Å²) in [6.07, 6.45) is -2.20. The molecule has 1 aliphatic carbocycles. The molecular formula is C18H23F3N2O2. The monoisotopic (exact) mass is 356 g/mol. The van der Waals surface area contributed by atoms with Crippen molar-refractivity contribution >= 4 is 5.91 Å². The Morgan fingerprint density at radius 2 is 2.04 bits per heavy atom. The van der Waals surface area contributed by atoms with Crippen LogP contribution in [0.2, 0.25) is 0 Å². The number of aliphatic hydroxyl groups excluding tert-OH is 1. The van der Waals surface area contributed by atoms with E-state index in [0.29, 0.717) is 30.5 Å². The molecule has 138 valence electrons. The van der Waals surface area contributed by atoms with E-state index in [1.165, 1.54) is 6.07 Å². The molecule has 0 unspecified atom stereocenters.